The summed E-state index contributed by atoms with van der Waals surface area (Å²) in [5, 5.41) is 9.46. The zero-order chi connectivity index (χ0) is 19.6. The van der Waals surface area contributed by atoms with E-state index in [0.717, 1.165) is 11.8 Å². The molecule has 6 nitrogen and oxygen atoms in total. The lowest BCUT2D eigenvalue weighted by Gasteiger charge is -2.32. The van der Waals surface area contributed by atoms with E-state index in [1.807, 2.05) is 0 Å². The molecule has 1 aromatic carbocycles. The Bertz CT molecular complexity index is 852. The number of nitrogens with zero attached hydrogens (tertiary/aromatic N) is 2. The number of hydrogen-bond acceptors (Lipinski definition) is 4. The molecule has 0 radical (unpaired) electrons. The van der Waals surface area contributed by atoms with E-state index < -0.39 is 30.6 Å². The van der Waals surface area contributed by atoms with Crippen molar-refractivity contribution in [2.75, 3.05) is 13.2 Å². The molecule has 0 bridgehead atoms. The minimum atomic E-state index is -4.48. The predicted octanol–water partition coefficient (Wildman–Crippen LogP) is 2.85. The van der Waals surface area contributed by atoms with E-state index in [4.69, 9.17) is 0 Å². The minimum Gasteiger partial charge on any atom is -0.481 e. The van der Waals surface area contributed by atoms with Crippen molar-refractivity contribution in [2.24, 2.45) is 0 Å². The molecule has 27 heavy (non-hydrogen) atoms. The normalized spacial score (nSPS) is 16.6. The maximum atomic E-state index is 12.7. The first kappa shape index (κ1) is 18.7. The highest BCUT2D eigenvalue weighted by Crippen LogP contribution is 2.29. The number of carboxylic acids is 1. The van der Waals surface area contributed by atoms with E-state index in [1.54, 1.807) is 24.3 Å². The average Bonchev–Trinajstić information content (AvgIpc) is 2.64. The molecular weight excluding hydrogens is 365 g/mol. The summed E-state index contributed by atoms with van der Waals surface area (Å²) in [6.07, 6.45) is -3.37. The van der Waals surface area contributed by atoms with Gasteiger partial charge in [-0.05, 0) is 17.2 Å². The van der Waals surface area contributed by atoms with E-state index in [1.165, 1.54) is 17.0 Å². The molecule has 0 spiro atoms. The molecule has 9 heteroatoms. The van der Waals surface area contributed by atoms with Crippen molar-refractivity contribution in [3.63, 3.8) is 0 Å². The Morgan fingerprint density at radius 2 is 1.96 bits per heavy atom. The van der Waals surface area contributed by atoms with Crippen LogP contribution in [0.15, 0.2) is 42.6 Å². The van der Waals surface area contributed by atoms with Gasteiger partial charge in [-0.1, -0.05) is 24.3 Å². The molecule has 1 atom stereocenters. The highest BCUT2D eigenvalue weighted by Gasteiger charge is 2.33. The number of aromatic nitrogens is 1. The van der Waals surface area contributed by atoms with Gasteiger partial charge in [0.2, 0.25) is 5.88 Å². The van der Waals surface area contributed by atoms with Crippen LogP contribution in [0, 0.1) is 0 Å². The molecule has 0 saturated heterocycles. The molecule has 1 amide bonds. The maximum absolute atomic E-state index is 12.7. The van der Waals surface area contributed by atoms with Gasteiger partial charge >= 0.3 is 12.1 Å². The molecule has 1 unspecified atom stereocenters. The van der Waals surface area contributed by atoms with Gasteiger partial charge in [0.15, 0.2) is 6.61 Å². The summed E-state index contributed by atoms with van der Waals surface area (Å²) in [6, 6.07) is 9.47. The van der Waals surface area contributed by atoms with Crippen molar-refractivity contribution < 1.29 is 32.6 Å². The summed E-state index contributed by atoms with van der Waals surface area (Å²) in [7, 11) is 0. The number of ether oxygens (including phenoxy) is 1. The molecule has 2 heterocycles. The quantitative estimate of drug-likeness (QED) is 0.882. The third-order valence-electron chi connectivity index (χ3n) is 4.15. The van der Waals surface area contributed by atoms with Crippen molar-refractivity contribution in [3.8, 4) is 5.88 Å². The fourth-order valence-electron chi connectivity index (χ4n) is 2.90. The number of fused-ring (bicyclic) bond motifs is 1. The molecule has 0 saturated carbocycles. The molecule has 1 aliphatic heterocycles. The van der Waals surface area contributed by atoms with Crippen LogP contribution in [-0.4, -0.2) is 46.2 Å². The Balaban J connectivity index is 1.75. The lowest BCUT2D eigenvalue weighted by Crippen LogP contribution is -2.40. The monoisotopic (exact) mass is 380 g/mol. The van der Waals surface area contributed by atoms with Crippen LogP contribution in [0.2, 0.25) is 0 Å². The van der Waals surface area contributed by atoms with E-state index in [9.17, 15) is 27.9 Å². The summed E-state index contributed by atoms with van der Waals surface area (Å²) in [5.41, 5.74) is 1.54. The Morgan fingerprint density at radius 1 is 1.22 bits per heavy atom. The van der Waals surface area contributed by atoms with Gasteiger partial charge in [-0.2, -0.15) is 13.2 Å². The number of halogens is 3. The predicted molar refractivity (Wildman–Crippen MR) is 87.3 cm³/mol. The van der Waals surface area contributed by atoms with Gasteiger partial charge in [-0.25, -0.2) is 4.98 Å². The summed E-state index contributed by atoms with van der Waals surface area (Å²) in [6.45, 7) is -1.24. The second-order valence-electron chi connectivity index (χ2n) is 6.06. The first-order chi connectivity index (χ1) is 12.7. The highest BCUT2D eigenvalue weighted by atomic mass is 19.4. The zero-order valence-corrected chi connectivity index (χ0v) is 13.9. The second kappa shape index (κ2) is 7.26. The molecule has 0 aliphatic carbocycles. The van der Waals surface area contributed by atoms with Crippen molar-refractivity contribution in [1.82, 2.24) is 9.88 Å². The number of alkyl halides is 3. The fourth-order valence-corrected chi connectivity index (χ4v) is 2.90. The van der Waals surface area contributed by atoms with Crippen LogP contribution in [0.4, 0.5) is 13.2 Å². The smallest absolute Gasteiger partial charge is 0.422 e. The number of pyridine rings is 1. The van der Waals surface area contributed by atoms with E-state index in [-0.39, 0.29) is 24.5 Å². The van der Waals surface area contributed by atoms with Crippen LogP contribution in [-0.2, 0) is 11.3 Å². The summed E-state index contributed by atoms with van der Waals surface area (Å²) >= 11 is 0. The summed E-state index contributed by atoms with van der Waals surface area (Å²) in [5.74, 6) is -2.59. The zero-order valence-electron chi connectivity index (χ0n) is 13.9. The Kier molecular flexibility index (Phi) is 5.02. The lowest BCUT2D eigenvalue weighted by atomic mass is 9.89. The minimum absolute atomic E-state index is 0.00248. The Hall–Kier alpha value is -3.10. The summed E-state index contributed by atoms with van der Waals surface area (Å²) in [4.78, 5) is 29.3. The van der Waals surface area contributed by atoms with Gasteiger partial charge in [-0.15, -0.1) is 0 Å². The van der Waals surface area contributed by atoms with Crippen molar-refractivity contribution in [3.05, 3.63) is 59.3 Å². The number of aliphatic carboxylic acids is 1. The molecule has 3 rings (SSSR count). The number of rotatable bonds is 4. The van der Waals surface area contributed by atoms with Crippen molar-refractivity contribution in [2.45, 2.75) is 18.6 Å². The van der Waals surface area contributed by atoms with Crippen molar-refractivity contribution in [1.29, 1.82) is 0 Å². The Labute approximate surface area is 152 Å². The highest BCUT2D eigenvalue weighted by molar-refractivity contribution is 5.94. The second-order valence-corrected chi connectivity index (χ2v) is 6.06. The number of carbonyl (C=O) groups excluding carboxylic acids is 1. The van der Waals surface area contributed by atoms with Gasteiger partial charge in [0.05, 0.1) is 11.5 Å². The number of hydrogen-bond donors (Lipinski definition) is 1. The molecular formula is C18H15F3N2O4. The van der Waals surface area contributed by atoms with E-state index in [2.05, 4.69) is 9.72 Å². The third-order valence-corrected chi connectivity index (χ3v) is 4.15. The fraction of sp³-hybridized carbons (Fsp3) is 0.278. The van der Waals surface area contributed by atoms with Crippen LogP contribution < -0.4 is 4.74 Å². The molecule has 1 N–H and O–H groups in total. The van der Waals surface area contributed by atoms with Crippen LogP contribution in [0.3, 0.4) is 0 Å². The van der Waals surface area contributed by atoms with E-state index in [0.29, 0.717) is 5.56 Å². The van der Waals surface area contributed by atoms with Crippen molar-refractivity contribution >= 4 is 11.9 Å². The lowest BCUT2D eigenvalue weighted by molar-refractivity contribution is -0.154. The average molecular weight is 380 g/mol. The van der Waals surface area contributed by atoms with Gasteiger partial charge in [0.25, 0.3) is 5.91 Å². The molecule has 142 valence electrons. The maximum Gasteiger partial charge on any atom is 0.422 e. The van der Waals surface area contributed by atoms with Gasteiger partial charge in [0.1, 0.15) is 0 Å². The number of benzene rings is 1. The topological polar surface area (TPSA) is 79.7 Å². The van der Waals surface area contributed by atoms with Crippen LogP contribution >= 0.6 is 0 Å². The molecule has 2 aromatic rings. The molecule has 1 aliphatic rings. The van der Waals surface area contributed by atoms with Crippen LogP contribution in [0.25, 0.3) is 0 Å². The number of carboxylic acid groups (broad SMARTS) is 1. The van der Waals surface area contributed by atoms with Gasteiger partial charge in [-0.3, -0.25) is 9.59 Å². The van der Waals surface area contributed by atoms with E-state index >= 15 is 0 Å². The van der Waals surface area contributed by atoms with Crippen LogP contribution in [0.5, 0.6) is 5.88 Å². The van der Waals surface area contributed by atoms with Gasteiger partial charge in [0, 0.05) is 25.4 Å². The third kappa shape index (κ3) is 4.36. The standard InChI is InChI=1S/C18H15F3N2O4/c19-18(20,21)10-27-15-6-5-11(7-22-15)16(24)23-8-12-3-1-2-4-13(12)14(9-23)17(25)26/h1-7,14H,8-10H2,(H,25,26). The molecule has 1 aromatic heterocycles. The largest absolute Gasteiger partial charge is 0.481 e. The molecule has 0 fully saturated rings. The number of amides is 1. The Morgan fingerprint density at radius 3 is 2.59 bits per heavy atom. The summed E-state index contributed by atoms with van der Waals surface area (Å²) < 4.78 is 41.0. The SMILES string of the molecule is O=C(O)C1CN(C(=O)c2ccc(OCC(F)(F)F)nc2)Cc2ccccc21. The first-order valence-electron chi connectivity index (χ1n) is 8.00. The first-order valence-corrected chi connectivity index (χ1v) is 8.00. The van der Waals surface area contributed by atoms with Crippen LogP contribution in [0.1, 0.15) is 27.4 Å². The van der Waals surface area contributed by atoms with Gasteiger partial charge < -0.3 is 14.7 Å². The number of carbonyl (C=O) groups is 2.